The van der Waals surface area contributed by atoms with Crippen molar-refractivity contribution in [1.29, 1.82) is 0 Å². The summed E-state index contributed by atoms with van der Waals surface area (Å²) in [6.07, 6.45) is 13.8. The molecule has 25 heavy (non-hydrogen) atoms. The first kappa shape index (κ1) is 14.2. The second kappa shape index (κ2) is 5.16. The quantitative estimate of drug-likeness (QED) is 0.665. The van der Waals surface area contributed by atoms with Gasteiger partial charge in [0.25, 0.3) is 0 Å². The molecule has 2 aromatic rings. The Bertz CT molecular complexity index is 1140. The molecule has 8 bridgehead atoms. The van der Waals surface area contributed by atoms with Gasteiger partial charge >= 0.3 is 0 Å². The fourth-order valence-electron chi connectivity index (χ4n) is 3.25. The summed E-state index contributed by atoms with van der Waals surface area (Å²) in [7, 11) is 0. The predicted molar refractivity (Wildman–Crippen MR) is 98.8 cm³/mol. The second-order valence-corrected chi connectivity index (χ2v) is 6.46. The van der Waals surface area contributed by atoms with Gasteiger partial charge in [-0.05, 0) is 66.8 Å². The average Bonchev–Trinajstić information content (AvgIpc) is 3.32. The van der Waals surface area contributed by atoms with E-state index in [1.807, 2.05) is 60.7 Å². The maximum atomic E-state index is 10.7. The molecule has 0 fully saturated rings. The molecule has 3 N–H and O–H groups in total. The van der Waals surface area contributed by atoms with Gasteiger partial charge in [-0.25, -0.2) is 9.98 Å². The minimum Gasteiger partial charge on any atom is -0.366 e. The highest BCUT2D eigenvalue weighted by Crippen LogP contribution is 2.23. The molecule has 3 aliphatic heterocycles. The van der Waals surface area contributed by atoms with Crippen LogP contribution in [-0.2, 0) is 6.42 Å². The van der Waals surface area contributed by atoms with Crippen molar-refractivity contribution in [1.82, 2.24) is 9.97 Å². The Hall–Kier alpha value is -3.18. The largest absolute Gasteiger partial charge is 0.366 e. The number of nitrogens with zero attached hydrogens (tertiary/aromatic N) is 2. The van der Waals surface area contributed by atoms with E-state index in [-0.39, 0.29) is 0 Å². The van der Waals surface area contributed by atoms with Gasteiger partial charge in [0.2, 0.25) is 0 Å². The highest BCUT2D eigenvalue weighted by molar-refractivity contribution is 6.19. The van der Waals surface area contributed by atoms with Crippen molar-refractivity contribution in [3.63, 3.8) is 0 Å². The third-order valence-electron chi connectivity index (χ3n) is 4.39. The Kier molecular flexibility index (Phi) is 2.93. The van der Waals surface area contributed by atoms with Crippen molar-refractivity contribution < 1.29 is 5.11 Å². The van der Waals surface area contributed by atoms with Gasteiger partial charge in [0, 0.05) is 28.5 Å². The summed E-state index contributed by atoms with van der Waals surface area (Å²) < 4.78 is 0. The summed E-state index contributed by atoms with van der Waals surface area (Å²) in [6.45, 7) is 0. The standard InChI is InChI=1S/C20H16N4O/c25-20-8-7-18(24-20)11-17-4-3-14(22-17)9-13-1-2-15(21-13)10-16-5-6-19(12-20)23-16/h1-11,21,23,25H,12H2. The van der Waals surface area contributed by atoms with Crippen LogP contribution in [0.4, 0.5) is 0 Å². The lowest BCUT2D eigenvalue weighted by Crippen LogP contribution is -2.24. The molecule has 0 amide bonds. The van der Waals surface area contributed by atoms with Crippen molar-refractivity contribution in [3.8, 4) is 0 Å². The number of hydrogen-bond donors (Lipinski definition) is 3. The van der Waals surface area contributed by atoms with Crippen LogP contribution >= 0.6 is 0 Å². The maximum Gasteiger partial charge on any atom is 0.181 e. The number of fused-ring (bicyclic) bond motifs is 6. The van der Waals surface area contributed by atoms with E-state index in [4.69, 9.17) is 0 Å². The fraction of sp³-hybridized carbons (Fsp3) is 0.100. The van der Waals surface area contributed by atoms with Crippen LogP contribution in [0.2, 0.25) is 0 Å². The summed E-state index contributed by atoms with van der Waals surface area (Å²) >= 11 is 0. The molecule has 122 valence electrons. The zero-order chi connectivity index (χ0) is 16.9. The lowest BCUT2D eigenvalue weighted by atomic mass is 10.1. The first-order chi connectivity index (χ1) is 12.1. The van der Waals surface area contributed by atoms with Crippen LogP contribution < -0.4 is 10.7 Å². The Morgan fingerprint density at radius 2 is 1.76 bits per heavy atom. The van der Waals surface area contributed by atoms with Crippen LogP contribution in [-0.4, -0.2) is 32.2 Å². The molecule has 2 aromatic heterocycles. The number of hydrogen-bond acceptors (Lipinski definition) is 3. The van der Waals surface area contributed by atoms with Crippen LogP contribution in [0.15, 0.2) is 70.3 Å². The molecule has 5 heterocycles. The van der Waals surface area contributed by atoms with Gasteiger partial charge in [-0.15, -0.1) is 0 Å². The number of aliphatic hydroxyl groups is 1. The van der Waals surface area contributed by atoms with E-state index in [2.05, 4.69) is 20.0 Å². The smallest absolute Gasteiger partial charge is 0.181 e. The number of allylic oxidation sites excluding steroid dienone is 4. The molecule has 0 saturated heterocycles. The highest BCUT2D eigenvalue weighted by atomic mass is 16.3. The van der Waals surface area contributed by atoms with Crippen molar-refractivity contribution in [3.05, 3.63) is 82.4 Å². The van der Waals surface area contributed by atoms with Gasteiger partial charge < -0.3 is 15.1 Å². The first-order valence-electron chi connectivity index (χ1n) is 8.20. The zero-order valence-electron chi connectivity index (χ0n) is 13.4. The lowest BCUT2D eigenvalue weighted by molar-refractivity contribution is 0.104. The van der Waals surface area contributed by atoms with Gasteiger partial charge in [0.05, 0.1) is 17.1 Å². The van der Waals surface area contributed by atoms with E-state index < -0.39 is 5.72 Å². The van der Waals surface area contributed by atoms with Gasteiger partial charge in [-0.2, -0.15) is 0 Å². The Morgan fingerprint density at radius 3 is 2.68 bits per heavy atom. The minimum absolute atomic E-state index is 0.401. The van der Waals surface area contributed by atoms with Crippen molar-refractivity contribution >= 4 is 23.6 Å². The normalized spacial score (nSPS) is 23.6. The summed E-state index contributed by atoms with van der Waals surface area (Å²) in [5.41, 5.74) is 3.12. The molecule has 0 saturated carbocycles. The van der Waals surface area contributed by atoms with Crippen LogP contribution in [0.5, 0.6) is 0 Å². The number of rotatable bonds is 0. The fourth-order valence-corrected chi connectivity index (χ4v) is 3.25. The topological polar surface area (TPSA) is 76.5 Å². The van der Waals surface area contributed by atoms with Gasteiger partial charge in [-0.1, -0.05) is 0 Å². The predicted octanol–water partition coefficient (Wildman–Crippen LogP) is 1.10. The maximum absolute atomic E-state index is 10.7. The monoisotopic (exact) mass is 328 g/mol. The zero-order valence-corrected chi connectivity index (χ0v) is 13.4. The van der Waals surface area contributed by atoms with Gasteiger partial charge in [0.1, 0.15) is 0 Å². The second-order valence-electron chi connectivity index (χ2n) is 6.46. The Labute approximate surface area is 143 Å². The summed E-state index contributed by atoms with van der Waals surface area (Å²) in [5.74, 6) is 0. The van der Waals surface area contributed by atoms with E-state index in [9.17, 15) is 5.11 Å². The summed E-state index contributed by atoms with van der Waals surface area (Å²) in [5, 5.41) is 12.7. The first-order valence-corrected chi connectivity index (χ1v) is 8.20. The number of aromatic nitrogens is 2. The molecule has 3 aliphatic rings. The highest BCUT2D eigenvalue weighted by Gasteiger charge is 2.27. The number of aliphatic imine (C=N–C) groups is 2. The van der Waals surface area contributed by atoms with E-state index >= 15 is 0 Å². The van der Waals surface area contributed by atoms with Gasteiger partial charge in [-0.3, -0.25) is 0 Å². The molecule has 0 spiro atoms. The van der Waals surface area contributed by atoms with E-state index in [0.29, 0.717) is 6.42 Å². The lowest BCUT2D eigenvalue weighted by Gasteiger charge is -2.15. The van der Waals surface area contributed by atoms with Crippen molar-refractivity contribution in [2.24, 2.45) is 9.98 Å². The molecular weight excluding hydrogens is 312 g/mol. The number of aromatic amines is 2. The van der Waals surface area contributed by atoms with Crippen molar-refractivity contribution in [2.45, 2.75) is 12.1 Å². The van der Waals surface area contributed by atoms with Crippen LogP contribution in [0.1, 0.15) is 11.4 Å². The number of H-pyrrole nitrogens is 2. The third-order valence-corrected chi connectivity index (χ3v) is 4.39. The SMILES string of the molecule is OC12C=CC(=N1)C=C1C=CC(=N1)C=c1ccc([nH]1)=Cc1ccc([nH]1)C2. The molecule has 1 unspecified atom stereocenters. The van der Waals surface area contributed by atoms with Gasteiger partial charge in [0.15, 0.2) is 5.72 Å². The average molecular weight is 328 g/mol. The molecule has 5 rings (SSSR count). The third kappa shape index (κ3) is 2.75. The van der Waals surface area contributed by atoms with Crippen molar-refractivity contribution in [2.75, 3.05) is 0 Å². The van der Waals surface area contributed by atoms with E-state index in [1.165, 1.54) is 0 Å². The molecule has 5 heteroatoms. The molecule has 1 atom stereocenters. The molecular formula is C20H16N4O. The summed E-state index contributed by atoms with van der Waals surface area (Å²) in [6, 6.07) is 8.04. The van der Waals surface area contributed by atoms with Crippen LogP contribution in [0.25, 0.3) is 12.2 Å². The molecule has 0 radical (unpaired) electrons. The van der Waals surface area contributed by atoms with Crippen LogP contribution in [0, 0.1) is 0 Å². The molecule has 5 nitrogen and oxygen atoms in total. The van der Waals surface area contributed by atoms with Crippen LogP contribution in [0.3, 0.4) is 0 Å². The number of nitrogens with one attached hydrogen (secondary N) is 2. The minimum atomic E-state index is -1.22. The molecule has 0 aliphatic carbocycles. The van der Waals surface area contributed by atoms with E-state index in [0.717, 1.165) is 39.2 Å². The molecule has 0 aromatic carbocycles. The summed E-state index contributed by atoms with van der Waals surface area (Å²) in [4.78, 5) is 15.7. The Morgan fingerprint density at radius 1 is 0.880 bits per heavy atom. The van der Waals surface area contributed by atoms with E-state index in [1.54, 1.807) is 6.08 Å². The Balaban J connectivity index is 1.68.